The SMILES string of the molecule is CC(C)CC(C)(C)CC(=O)N1CCCCC1. The molecule has 0 atom stereocenters. The van der Waals surface area contributed by atoms with Gasteiger partial charge in [0.25, 0.3) is 0 Å². The normalized spacial score (nSPS) is 17.9. The van der Waals surface area contributed by atoms with Crippen LogP contribution in [0.15, 0.2) is 0 Å². The molecular weight excluding hydrogens is 198 g/mol. The van der Waals surface area contributed by atoms with Crippen molar-refractivity contribution in [3.63, 3.8) is 0 Å². The molecule has 0 saturated carbocycles. The molecule has 0 spiro atoms. The van der Waals surface area contributed by atoms with Crippen molar-refractivity contribution in [2.24, 2.45) is 11.3 Å². The first-order valence-electron chi connectivity index (χ1n) is 6.68. The van der Waals surface area contributed by atoms with Gasteiger partial charge in [-0.2, -0.15) is 0 Å². The van der Waals surface area contributed by atoms with Crippen LogP contribution in [-0.2, 0) is 4.79 Å². The Hall–Kier alpha value is -0.530. The van der Waals surface area contributed by atoms with Crippen LogP contribution in [0.25, 0.3) is 0 Å². The molecule has 0 aromatic heterocycles. The third-order valence-electron chi connectivity index (χ3n) is 3.30. The van der Waals surface area contributed by atoms with Crippen LogP contribution in [0, 0.1) is 11.3 Å². The first-order valence-corrected chi connectivity index (χ1v) is 6.68. The summed E-state index contributed by atoms with van der Waals surface area (Å²) >= 11 is 0. The van der Waals surface area contributed by atoms with Crippen molar-refractivity contribution in [3.05, 3.63) is 0 Å². The molecule has 1 heterocycles. The van der Waals surface area contributed by atoms with Gasteiger partial charge in [-0.15, -0.1) is 0 Å². The number of piperidine rings is 1. The van der Waals surface area contributed by atoms with Crippen LogP contribution in [0.3, 0.4) is 0 Å². The second-order valence-corrected chi connectivity index (χ2v) is 6.38. The van der Waals surface area contributed by atoms with Gasteiger partial charge in [0.1, 0.15) is 0 Å². The number of amides is 1. The first kappa shape index (κ1) is 13.5. The predicted molar refractivity (Wildman–Crippen MR) is 68.3 cm³/mol. The Morgan fingerprint density at radius 3 is 2.25 bits per heavy atom. The average Bonchev–Trinajstić information content (AvgIpc) is 2.16. The van der Waals surface area contributed by atoms with Gasteiger partial charge >= 0.3 is 0 Å². The van der Waals surface area contributed by atoms with Gasteiger partial charge in [0.05, 0.1) is 0 Å². The Labute approximate surface area is 100 Å². The van der Waals surface area contributed by atoms with Crippen molar-refractivity contribution >= 4 is 5.91 Å². The lowest BCUT2D eigenvalue weighted by Crippen LogP contribution is -2.38. The smallest absolute Gasteiger partial charge is 0.223 e. The van der Waals surface area contributed by atoms with Gasteiger partial charge in [-0.05, 0) is 37.0 Å². The van der Waals surface area contributed by atoms with Crippen molar-refractivity contribution < 1.29 is 4.79 Å². The lowest BCUT2D eigenvalue weighted by atomic mass is 9.80. The molecule has 16 heavy (non-hydrogen) atoms. The highest BCUT2D eigenvalue weighted by Crippen LogP contribution is 2.30. The molecule has 2 heteroatoms. The van der Waals surface area contributed by atoms with Crippen LogP contribution >= 0.6 is 0 Å². The van der Waals surface area contributed by atoms with Crippen molar-refractivity contribution in [1.29, 1.82) is 0 Å². The number of rotatable bonds is 4. The topological polar surface area (TPSA) is 20.3 Å². The minimum absolute atomic E-state index is 0.155. The summed E-state index contributed by atoms with van der Waals surface area (Å²) in [4.78, 5) is 14.2. The monoisotopic (exact) mass is 225 g/mol. The van der Waals surface area contributed by atoms with Gasteiger partial charge in [0.15, 0.2) is 0 Å². The van der Waals surface area contributed by atoms with Crippen molar-refractivity contribution in [3.8, 4) is 0 Å². The second-order valence-electron chi connectivity index (χ2n) is 6.38. The molecule has 1 aliphatic rings. The maximum atomic E-state index is 12.1. The Morgan fingerprint density at radius 1 is 1.19 bits per heavy atom. The maximum absolute atomic E-state index is 12.1. The van der Waals surface area contributed by atoms with E-state index in [4.69, 9.17) is 0 Å². The van der Waals surface area contributed by atoms with Crippen LogP contribution in [0.2, 0.25) is 0 Å². The lowest BCUT2D eigenvalue weighted by Gasteiger charge is -2.32. The van der Waals surface area contributed by atoms with E-state index in [-0.39, 0.29) is 5.41 Å². The minimum atomic E-state index is 0.155. The fourth-order valence-electron chi connectivity index (χ4n) is 2.84. The molecule has 0 N–H and O–H groups in total. The molecule has 1 aliphatic heterocycles. The van der Waals surface area contributed by atoms with Crippen LogP contribution < -0.4 is 0 Å². The third-order valence-corrected chi connectivity index (χ3v) is 3.30. The standard InChI is InChI=1S/C14H27NO/c1-12(2)10-14(3,4)11-13(16)15-8-6-5-7-9-15/h12H,5-11H2,1-4H3. The Morgan fingerprint density at radius 2 is 1.75 bits per heavy atom. The zero-order valence-corrected chi connectivity index (χ0v) is 11.4. The Bertz CT molecular complexity index is 227. The number of likely N-dealkylation sites (tertiary alicyclic amines) is 1. The van der Waals surface area contributed by atoms with E-state index in [0.29, 0.717) is 18.2 Å². The minimum Gasteiger partial charge on any atom is -0.343 e. The molecule has 0 aromatic rings. The third kappa shape index (κ3) is 4.54. The molecule has 94 valence electrons. The van der Waals surface area contributed by atoms with Crippen LogP contribution in [0.1, 0.15) is 59.8 Å². The number of carbonyl (C=O) groups excluding carboxylic acids is 1. The molecule has 2 nitrogen and oxygen atoms in total. The van der Waals surface area contributed by atoms with Crippen molar-refractivity contribution in [1.82, 2.24) is 4.90 Å². The van der Waals surface area contributed by atoms with Crippen molar-refractivity contribution in [2.75, 3.05) is 13.1 Å². The summed E-state index contributed by atoms with van der Waals surface area (Å²) in [5.41, 5.74) is 0.155. The predicted octanol–water partition coefficient (Wildman–Crippen LogP) is 3.46. The molecule has 0 aliphatic carbocycles. The summed E-state index contributed by atoms with van der Waals surface area (Å²) in [5.74, 6) is 1.04. The molecular formula is C14H27NO. The highest BCUT2D eigenvalue weighted by Gasteiger charge is 2.26. The molecule has 1 rings (SSSR count). The summed E-state index contributed by atoms with van der Waals surface area (Å²) in [5, 5.41) is 0. The van der Waals surface area contributed by atoms with E-state index in [1.165, 1.54) is 19.3 Å². The van der Waals surface area contributed by atoms with Crippen LogP contribution in [-0.4, -0.2) is 23.9 Å². The van der Waals surface area contributed by atoms with Gasteiger partial charge in [-0.1, -0.05) is 27.7 Å². The van der Waals surface area contributed by atoms with Gasteiger partial charge in [0.2, 0.25) is 5.91 Å². The van der Waals surface area contributed by atoms with E-state index in [1.54, 1.807) is 0 Å². The molecule has 1 saturated heterocycles. The molecule has 1 amide bonds. The summed E-state index contributed by atoms with van der Waals surface area (Å²) in [6.07, 6.45) is 5.52. The van der Waals surface area contributed by atoms with E-state index < -0.39 is 0 Å². The van der Waals surface area contributed by atoms with E-state index >= 15 is 0 Å². The number of nitrogens with zero attached hydrogens (tertiary/aromatic N) is 1. The van der Waals surface area contributed by atoms with Gasteiger partial charge in [-0.3, -0.25) is 4.79 Å². The quantitative estimate of drug-likeness (QED) is 0.717. The number of hydrogen-bond acceptors (Lipinski definition) is 1. The zero-order chi connectivity index (χ0) is 12.2. The molecule has 0 aromatic carbocycles. The van der Waals surface area contributed by atoms with E-state index in [0.717, 1.165) is 19.5 Å². The van der Waals surface area contributed by atoms with Crippen LogP contribution in [0.4, 0.5) is 0 Å². The molecule has 0 bridgehead atoms. The van der Waals surface area contributed by atoms with Gasteiger partial charge < -0.3 is 4.90 Å². The fourth-order valence-corrected chi connectivity index (χ4v) is 2.84. The van der Waals surface area contributed by atoms with E-state index in [9.17, 15) is 4.79 Å². The average molecular weight is 225 g/mol. The van der Waals surface area contributed by atoms with Crippen LogP contribution in [0.5, 0.6) is 0 Å². The number of carbonyl (C=O) groups is 1. The first-order chi connectivity index (χ1) is 7.41. The van der Waals surface area contributed by atoms with E-state index in [2.05, 4.69) is 32.6 Å². The largest absolute Gasteiger partial charge is 0.343 e. The summed E-state index contributed by atoms with van der Waals surface area (Å²) in [6, 6.07) is 0. The van der Waals surface area contributed by atoms with E-state index in [1.807, 2.05) is 0 Å². The molecule has 1 fully saturated rings. The Balaban J connectivity index is 2.42. The zero-order valence-electron chi connectivity index (χ0n) is 11.4. The molecule has 0 radical (unpaired) electrons. The maximum Gasteiger partial charge on any atom is 0.223 e. The lowest BCUT2D eigenvalue weighted by molar-refractivity contribution is -0.134. The summed E-state index contributed by atoms with van der Waals surface area (Å²) in [7, 11) is 0. The summed E-state index contributed by atoms with van der Waals surface area (Å²) < 4.78 is 0. The van der Waals surface area contributed by atoms with Gasteiger partial charge in [-0.25, -0.2) is 0 Å². The highest BCUT2D eigenvalue weighted by molar-refractivity contribution is 5.76. The second kappa shape index (κ2) is 5.70. The summed E-state index contributed by atoms with van der Waals surface area (Å²) in [6.45, 7) is 10.9. The van der Waals surface area contributed by atoms with Crippen molar-refractivity contribution in [2.45, 2.75) is 59.8 Å². The molecule has 0 unspecified atom stereocenters. The van der Waals surface area contributed by atoms with Gasteiger partial charge in [0, 0.05) is 19.5 Å². The fraction of sp³-hybridized carbons (Fsp3) is 0.929. The number of hydrogen-bond donors (Lipinski definition) is 0. The Kier molecular flexibility index (Phi) is 4.82. The highest BCUT2D eigenvalue weighted by atomic mass is 16.2.